The van der Waals surface area contributed by atoms with E-state index < -0.39 is 0 Å². The van der Waals surface area contributed by atoms with E-state index >= 15 is 0 Å². The number of terminal acetylenes is 1. The highest BCUT2D eigenvalue weighted by Gasteiger charge is 2.17. The molecule has 0 N–H and O–H groups in total. The molecule has 1 rings (SSSR count). The highest BCUT2D eigenvalue weighted by molar-refractivity contribution is 14.1. The van der Waals surface area contributed by atoms with Crippen LogP contribution in [0.5, 0.6) is 0 Å². The topological polar surface area (TPSA) is 17.1 Å². The van der Waals surface area contributed by atoms with Crippen LogP contribution in [0, 0.1) is 28.8 Å². The molecular formula is C15H17IO. The molecule has 0 heterocycles. The minimum atomic E-state index is 0.0543. The third-order valence-corrected chi connectivity index (χ3v) is 3.73. The number of hydrogen-bond donors (Lipinski definition) is 0. The molecule has 1 nitrogen and oxygen atoms in total. The van der Waals surface area contributed by atoms with Crippen molar-refractivity contribution in [3.63, 3.8) is 0 Å². The Kier molecular flexibility index (Phi) is 5.70. The van der Waals surface area contributed by atoms with E-state index in [1.807, 2.05) is 32.0 Å². The third-order valence-electron chi connectivity index (χ3n) is 2.79. The number of ketones is 1. The molecule has 0 fully saturated rings. The van der Waals surface area contributed by atoms with E-state index in [1.54, 1.807) is 0 Å². The number of hydrogen-bond acceptors (Lipinski definition) is 1. The van der Waals surface area contributed by atoms with Gasteiger partial charge in [0.25, 0.3) is 0 Å². The highest BCUT2D eigenvalue weighted by Crippen LogP contribution is 2.20. The second kappa shape index (κ2) is 6.80. The number of aryl methyl sites for hydroxylation is 1. The second-order valence-corrected chi connectivity index (χ2v) is 5.51. The Morgan fingerprint density at radius 1 is 1.53 bits per heavy atom. The van der Waals surface area contributed by atoms with E-state index in [2.05, 4.69) is 28.5 Å². The number of benzene rings is 1. The van der Waals surface area contributed by atoms with Gasteiger partial charge < -0.3 is 0 Å². The average Bonchev–Trinajstić information content (AvgIpc) is 2.31. The van der Waals surface area contributed by atoms with Gasteiger partial charge in [-0.1, -0.05) is 18.6 Å². The van der Waals surface area contributed by atoms with Crippen molar-refractivity contribution in [2.75, 3.05) is 0 Å². The Morgan fingerprint density at radius 2 is 2.24 bits per heavy atom. The summed E-state index contributed by atoms with van der Waals surface area (Å²) in [5.74, 6) is 2.90. The van der Waals surface area contributed by atoms with Crippen LogP contribution in [-0.4, -0.2) is 5.78 Å². The molecule has 0 bridgehead atoms. The molecule has 1 aromatic carbocycles. The summed E-state index contributed by atoms with van der Waals surface area (Å²) in [6.07, 6.45) is 7.75. The van der Waals surface area contributed by atoms with Gasteiger partial charge in [-0.15, -0.1) is 12.3 Å². The van der Waals surface area contributed by atoms with Gasteiger partial charge >= 0.3 is 0 Å². The molecule has 1 aromatic rings. The summed E-state index contributed by atoms with van der Waals surface area (Å²) in [5.41, 5.74) is 1.98. The molecule has 0 radical (unpaired) electrons. The van der Waals surface area contributed by atoms with Crippen molar-refractivity contribution in [2.45, 2.75) is 33.1 Å². The Balaban J connectivity index is 2.75. The normalized spacial score (nSPS) is 11.9. The second-order valence-electron chi connectivity index (χ2n) is 4.34. The molecule has 0 saturated heterocycles. The average molecular weight is 340 g/mol. The van der Waals surface area contributed by atoms with Crippen molar-refractivity contribution in [3.8, 4) is 12.3 Å². The lowest BCUT2D eigenvalue weighted by Crippen LogP contribution is -2.13. The molecule has 1 unspecified atom stereocenters. The van der Waals surface area contributed by atoms with E-state index in [4.69, 9.17) is 6.42 Å². The van der Waals surface area contributed by atoms with Crippen LogP contribution in [0.4, 0.5) is 0 Å². The summed E-state index contributed by atoms with van der Waals surface area (Å²) in [6.45, 7) is 3.99. The third kappa shape index (κ3) is 4.16. The Bertz CT molecular complexity index is 443. The van der Waals surface area contributed by atoms with Gasteiger partial charge in [0.2, 0.25) is 0 Å². The number of rotatable bonds is 5. The van der Waals surface area contributed by atoms with Crippen molar-refractivity contribution in [1.82, 2.24) is 0 Å². The molecule has 0 amide bonds. The molecule has 0 aliphatic heterocycles. The summed E-state index contributed by atoms with van der Waals surface area (Å²) < 4.78 is 1.03. The van der Waals surface area contributed by atoms with Crippen LogP contribution < -0.4 is 0 Å². The fraction of sp³-hybridized carbons (Fsp3) is 0.400. The van der Waals surface area contributed by atoms with Crippen molar-refractivity contribution in [3.05, 3.63) is 32.9 Å². The molecule has 2 heteroatoms. The predicted molar refractivity (Wildman–Crippen MR) is 80.1 cm³/mol. The molecular weight excluding hydrogens is 323 g/mol. The first-order chi connectivity index (χ1) is 8.06. The first-order valence-corrected chi connectivity index (χ1v) is 6.88. The number of halogens is 1. The van der Waals surface area contributed by atoms with Crippen molar-refractivity contribution >= 4 is 28.4 Å². The van der Waals surface area contributed by atoms with Crippen LogP contribution in [-0.2, 0) is 0 Å². The van der Waals surface area contributed by atoms with Crippen molar-refractivity contribution in [1.29, 1.82) is 0 Å². The lowest BCUT2D eigenvalue weighted by molar-refractivity contribution is 0.0922. The Labute approximate surface area is 117 Å². The summed E-state index contributed by atoms with van der Waals surface area (Å²) in [6, 6.07) is 6.00. The van der Waals surface area contributed by atoms with Crippen LogP contribution in [0.3, 0.4) is 0 Å². The van der Waals surface area contributed by atoms with Crippen LogP contribution in [0.1, 0.15) is 42.1 Å². The number of carbonyl (C=O) groups excluding carboxylic acids is 1. The van der Waals surface area contributed by atoms with Gasteiger partial charge in [0.05, 0.1) is 0 Å². The SMILES string of the molecule is C#CCCCC(C)C(=O)c1cc(C)ccc1I. The quantitative estimate of drug-likeness (QED) is 0.339. The predicted octanol–water partition coefficient (Wildman–Crippen LogP) is 4.22. The lowest BCUT2D eigenvalue weighted by atomic mass is 9.94. The molecule has 0 spiro atoms. The fourth-order valence-corrected chi connectivity index (χ4v) is 2.34. The first-order valence-electron chi connectivity index (χ1n) is 5.80. The maximum Gasteiger partial charge on any atom is 0.166 e. The van der Waals surface area contributed by atoms with E-state index in [9.17, 15) is 4.79 Å². The zero-order valence-corrected chi connectivity index (χ0v) is 12.5. The first kappa shape index (κ1) is 14.2. The largest absolute Gasteiger partial charge is 0.294 e. The van der Waals surface area contributed by atoms with Crippen LogP contribution >= 0.6 is 22.6 Å². The Morgan fingerprint density at radius 3 is 2.88 bits per heavy atom. The molecule has 0 aliphatic rings. The maximum atomic E-state index is 12.3. The van der Waals surface area contributed by atoms with E-state index in [-0.39, 0.29) is 11.7 Å². The van der Waals surface area contributed by atoms with E-state index in [0.29, 0.717) is 0 Å². The summed E-state index contributed by atoms with van der Waals surface area (Å²) in [5, 5.41) is 0. The summed E-state index contributed by atoms with van der Waals surface area (Å²) >= 11 is 2.22. The number of carbonyl (C=O) groups is 1. The molecule has 0 aliphatic carbocycles. The minimum absolute atomic E-state index is 0.0543. The summed E-state index contributed by atoms with van der Waals surface area (Å²) in [4.78, 5) is 12.3. The van der Waals surface area contributed by atoms with Gasteiger partial charge in [-0.25, -0.2) is 0 Å². The van der Waals surface area contributed by atoms with Gasteiger partial charge in [-0.3, -0.25) is 4.79 Å². The van der Waals surface area contributed by atoms with Gasteiger partial charge in [-0.05, 0) is 54.5 Å². The summed E-state index contributed by atoms with van der Waals surface area (Å²) in [7, 11) is 0. The van der Waals surface area contributed by atoms with Crippen LogP contribution in [0.2, 0.25) is 0 Å². The number of Topliss-reactive ketones (excluding diaryl/α,β-unsaturated/α-hetero) is 1. The molecule has 17 heavy (non-hydrogen) atoms. The smallest absolute Gasteiger partial charge is 0.166 e. The zero-order chi connectivity index (χ0) is 12.8. The van der Waals surface area contributed by atoms with Crippen LogP contribution in [0.15, 0.2) is 18.2 Å². The Hall–Kier alpha value is -0.820. The van der Waals surface area contributed by atoms with Gasteiger partial charge in [0.15, 0.2) is 5.78 Å². The monoisotopic (exact) mass is 340 g/mol. The van der Waals surface area contributed by atoms with Gasteiger partial charge in [0, 0.05) is 21.5 Å². The fourth-order valence-electron chi connectivity index (χ4n) is 1.73. The van der Waals surface area contributed by atoms with Crippen LogP contribution in [0.25, 0.3) is 0 Å². The molecule has 0 saturated carbocycles. The maximum absolute atomic E-state index is 12.3. The van der Waals surface area contributed by atoms with Crippen molar-refractivity contribution < 1.29 is 4.79 Å². The zero-order valence-electron chi connectivity index (χ0n) is 10.3. The molecule has 0 aromatic heterocycles. The molecule has 1 atom stereocenters. The van der Waals surface area contributed by atoms with Gasteiger partial charge in [-0.2, -0.15) is 0 Å². The standard InChI is InChI=1S/C15H17IO/c1-4-5-6-7-12(3)15(17)13-10-11(2)8-9-14(13)16/h1,8-10,12H,5-7H2,2-3H3. The highest BCUT2D eigenvalue weighted by atomic mass is 127. The minimum Gasteiger partial charge on any atom is -0.294 e. The molecule has 90 valence electrons. The van der Waals surface area contributed by atoms with Gasteiger partial charge in [0.1, 0.15) is 0 Å². The van der Waals surface area contributed by atoms with Crippen molar-refractivity contribution in [2.24, 2.45) is 5.92 Å². The number of unbranched alkanes of at least 4 members (excludes halogenated alkanes) is 1. The van der Waals surface area contributed by atoms with E-state index in [0.717, 1.165) is 34.0 Å². The lowest BCUT2D eigenvalue weighted by Gasteiger charge is -2.11. The van der Waals surface area contributed by atoms with E-state index in [1.165, 1.54) is 0 Å².